The molecule has 1 heterocycles. The lowest BCUT2D eigenvalue weighted by Gasteiger charge is -2.20. The Bertz CT molecular complexity index is 415. The fraction of sp³-hybridized carbons (Fsp3) is 0.923. The monoisotopic (exact) mass is 442 g/mol. The van der Waals surface area contributed by atoms with Gasteiger partial charge in [0.15, 0.2) is 0 Å². The van der Waals surface area contributed by atoms with Crippen LogP contribution in [0.25, 0.3) is 0 Å². The number of aliphatic hydroxyl groups is 3. The average Bonchev–Trinajstić information content (AvgIpc) is 3.10. The highest BCUT2D eigenvalue weighted by Gasteiger charge is 2.39. The van der Waals surface area contributed by atoms with E-state index in [9.17, 15) is 15.3 Å². The van der Waals surface area contributed by atoms with E-state index in [-0.39, 0.29) is 13.2 Å². The maximum atomic E-state index is 9.96. The number of hydrogen-bond acceptors (Lipinski definition) is 5. The van der Waals surface area contributed by atoms with Crippen LogP contribution in [0.15, 0.2) is 12.2 Å². The van der Waals surface area contributed by atoms with Gasteiger partial charge in [0, 0.05) is 6.61 Å². The Hall–Kier alpha value is -0.460. The van der Waals surface area contributed by atoms with Crippen LogP contribution in [0, 0.1) is 0 Å². The summed E-state index contributed by atoms with van der Waals surface area (Å²) in [6, 6.07) is 0. The fourth-order valence-electron chi connectivity index (χ4n) is 4.07. The van der Waals surface area contributed by atoms with Crippen LogP contribution < -0.4 is 0 Å². The lowest BCUT2D eigenvalue weighted by atomic mass is 10.0. The smallest absolute Gasteiger partial charge is 0.114 e. The third-order valence-corrected chi connectivity index (χ3v) is 6.16. The van der Waals surface area contributed by atoms with E-state index >= 15 is 0 Å². The highest BCUT2D eigenvalue weighted by molar-refractivity contribution is 4.87. The summed E-state index contributed by atoms with van der Waals surface area (Å²) in [5.74, 6) is 0. The summed E-state index contributed by atoms with van der Waals surface area (Å²) in [5, 5.41) is 29.1. The summed E-state index contributed by atoms with van der Waals surface area (Å²) in [7, 11) is 0. The molecule has 0 aliphatic carbocycles. The van der Waals surface area contributed by atoms with E-state index in [1.807, 2.05) is 0 Å². The molecule has 5 nitrogen and oxygen atoms in total. The maximum absolute atomic E-state index is 9.96. The largest absolute Gasteiger partial charge is 0.388 e. The van der Waals surface area contributed by atoms with Crippen molar-refractivity contribution in [2.75, 3.05) is 19.8 Å². The van der Waals surface area contributed by atoms with Gasteiger partial charge in [-0.25, -0.2) is 0 Å². The van der Waals surface area contributed by atoms with Crippen molar-refractivity contribution in [3.05, 3.63) is 12.2 Å². The molecule has 0 unspecified atom stereocenters. The highest BCUT2D eigenvalue weighted by atomic mass is 16.5. The van der Waals surface area contributed by atoms with E-state index < -0.39 is 24.4 Å². The van der Waals surface area contributed by atoms with Gasteiger partial charge in [0.25, 0.3) is 0 Å². The molecule has 1 aliphatic heterocycles. The number of rotatable bonds is 21. The first-order valence-electron chi connectivity index (χ1n) is 13.0. The molecule has 0 aromatic rings. The van der Waals surface area contributed by atoms with Gasteiger partial charge in [0.1, 0.15) is 24.4 Å². The third-order valence-electron chi connectivity index (χ3n) is 6.16. The molecule has 1 rings (SSSR count). The van der Waals surface area contributed by atoms with Crippen LogP contribution in [0.2, 0.25) is 0 Å². The predicted molar refractivity (Wildman–Crippen MR) is 127 cm³/mol. The SMILES string of the molecule is CCCCCCCCCCCCCC/C=C/CCCCOC[C@H](O)[C@@H]1OC[C@@H](O)[C@@H]1O. The van der Waals surface area contributed by atoms with Crippen LogP contribution in [-0.2, 0) is 9.47 Å². The second-order valence-electron chi connectivity index (χ2n) is 9.14. The number of ether oxygens (including phenoxy) is 2. The summed E-state index contributed by atoms with van der Waals surface area (Å²) in [6.45, 7) is 3.06. The summed E-state index contributed by atoms with van der Waals surface area (Å²) in [6.07, 6.45) is 22.0. The van der Waals surface area contributed by atoms with Crippen LogP contribution >= 0.6 is 0 Å². The van der Waals surface area contributed by atoms with Crippen LogP contribution in [-0.4, -0.2) is 59.6 Å². The first-order valence-corrected chi connectivity index (χ1v) is 13.0. The Morgan fingerprint density at radius 3 is 1.84 bits per heavy atom. The van der Waals surface area contributed by atoms with E-state index in [0.717, 1.165) is 19.3 Å². The van der Waals surface area contributed by atoms with E-state index in [1.54, 1.807) is 0 Å². The molecule has 5 heteroatoms. The third kappa shape index (κ3) is 15.1. The minimum atomic E-state index is -1.03. The quantitative estimate of drug-likeness (QED) is 0.166. The molecule has 0 amide bonds. The molecule has 184 valence electrons. The number of allylic oxidation sites excluding steroid dienone is 2. The van der Waals surface area contributed by atoms with Gasteiger partial charge < -0.3 is 24.8 Å². The second kappa shape index (κ2) is 20.2. The highest BCUT2D eigenvalue weighted by Crippen LogP contribution is 2.18. The molecule has 0 saturated carbocycles. The maximum Gasteiger partial charge on any atom is 0.114 e. The zero-order valence-electron chi connectivity index (χ0n) is 20.1. The van der Waals surface area contributed by atoms with Crippen molar-refractivity contribution >= 4 is 0 Å². The molecular weight excluding hydrogens is 392 g/mol. The van der Waals surface area contributed by atoms with Gasteiger partial charge in [-0.1, -0.05) is 89.7 Å². The molecule has 31 heavy (non-hydrogen) atoms. The molecule has 0 aromatic heterocycles. The van der Waals surface area contributed by atoms with Gasteiger partial charge in [-0.05, 0) is 32.1 Å². The number of unbranched alkanes of at least 4 members (excludes halogenated alkanes) is 14. The fourth-order valence-corrected chi connectivity index (χ4v) is 4.07. The minimum Gasteiger partial charge on any atom is -0.388 e. The van der Waals surface area contributed by atoms with E-state index in [1.165, 1.54) is 83.5 Å². The second-order valence-corrected chi connectivity index (χ2v) is 9.14. The molecule has 3 N–H and O–H groups in total. The standard InChI is InChI=1S/C26H50O5/c1-2-3-4-5-6-7-8-9-10-11-12-13-14-15-16-17-18-19-20-30-21-24(28)26-25(29)23(27)22-31-26/h15-16,23-29H,2-14,17-22H2,1H3/b16-15+/t23-,24+,25+,26+/m1/s1. The van der Waals surface area contributed by atoms with Gasteiger partial charge in [0.05, 0.1) is 13.2 Å². The lowest BCUT2D eigenvalue weighted by molar-refractivity contribution is -0.0813. The summed E-state index contributed by atoms with van der Waals surface area (Å²) < 4.78 is 10.7. The van der Waals surface area contributed by atoms with Crippen molar-refractivity contribution in [1.82, 2.24) is 0 Å². The number of aliphatic hydroxyl groups excluding tert-OH is 3. The van der Waals surface area contributed by atoms with E-state index in [4.69, 9.17) is 9.47 Å². The van der Waals surface area contributed by atoms with Crippen molar-refractivity contribution in [2.24, 2.45) is 0 Å². The predicted octanol–water partition coefficient (Wildman–Crippen LogP) is 5.30. The summed E-state index contributed by atoms with van der Waals surface area (Å²) >= 11 is 0. The topological polar surface area (TPSA) is 79.2 Å². The molecular formula is C26H50O5. The Balaban J connectivity index is 1.77. The molecule has 1 fully saturated rings. The zero-order valence-corrected chi connectivity index (χ0v) is 20.1. The average molecular weight is 443 g/mol. The van der Waals surface area contributed by atoms with Gasteiger partial charge >= 0.3 is 0 Å². The van der Waals surface area contributed by atoms with E-state index in [0.29, 0.717) is 6.61 Å². The Kier molecular flexibility index (Phi) is 18.6. The Morgan fingerprint density at radius 1 is 0.806 bits per heavy atom. The normalized spacial score (nSPS) is 22.5. The van der Waals surface area contributed by atoms with Gasteiger partial charge in [0.2, 0.25) is 0 Å². The van der Waals surface area contributed by atoms with Gasteiger partial charge in [-0.3, -0.25) is 0 Å². The van der Waals surface area contributed by atoms with Crippen LogP contribution in [0.4, 0.5) is 0 Å². The summed E-state index contributed by atoms with van der Waals surface area (Å²) in [5.41, 5.74) is 0. The van der Waals surface area contributed by atoms with E-state index in [2.05, 4.69) is 19.1 Å². The molecule has 0 bridgehead atoms. The van der Waals surface area contributed by atoms with Gasteiger partial charge in [-0.2, -0.15) is 0 Å². The molecule has 0 radical (unpaired) electrons. The van der Waals surface area contributed by atoms with Crippen molar-refractivity contribution in [1.29, 1.82) is 0 Å². The minimum absolute atomic E-state index is 0.0640. The van der Waals surface area contributed by atoms with Gasteiger partial charge in [-0.15, -0.1) is 0 Å². The van der Waals surface area contributed by atoms with Crippen molar-refractivity contribution in [3.8, 4) is 0 Å². The molecule has 1 aliphatic rings. The van der Waals surface area contributed by atoms with Crippen LogP contribution in [0.1, 0.15) is 110 Å². The molecule has 4 atom stereocenters. The zero-order chi connectivity index (χ0) is 22.6. The van der Waals surface area contributed by atoms with Crippen molar-refractivity contribution < 1.29 is 24.8 Å². The molecule has 0 spiro atoms. The lowest BCUT2D eigenvalue weighted by Crippen LogP contribution is -2.40. The summed E-state index contributed by atoms with van der Waals surface area (Å²) in [4.78, 5) is 0. The van der Waals surface area contributed by atoms with Crippen molar-refractivity contribution in [3.63, 3.8) is 0 Å². The van der Waals surface area contributed by atoms with Crippen molar-refractivity contribution in [2.45, 2.75) is 134 Å². The van der Waals surface area contributed by atoms with Crippen LogP contribution in [0.5, 0.6) is 0 Å². The molecule has 1 saturated heterocycles. The first-order chi connectivity index (χ1) is 15.2. The number of hydrogen-bond donors (Lipinski definition) is 3. The van der Waals surface area contributed by atoms with Crippen LogP contribution in [0.3, 0.4) is 0 Å². The Labute approximate surface area is 191 Å². The first kappa shape index (κ1) is 28.6. The molecule has 0 aromatic carbocycles. The Morgan fingerprint density at radius 2 is 1.32 bits per heavy atom.